The van der Waals surface area contributed by atoms with E-state index < -0.39 is 0 Å². The molecule has 3 aliphatic heterocycles. The molecule has 0 radical (unpaired) electrons. The van der Waals surface area contributed by atoms with Crippen LogP contribution in [0.15, 0.2) is 42.5 Å². The molecule has 3 heterocycles. The van der Waals surface area contributed by atoms with Gasteiger partial charge in [0.2, 0.25) is 12.7 Å². The Hall–Kier alpha value is -2.53. The highest BCUT2D eigenvalue weighted by molar-refractivity contribution is 5.95. The van der Waals surface area contributed by atoms with E-state index in [1.54, 1.807) is 0 Å². The molecule has 0 unspecified atom stereocenters. The van der Waals surface area contributed by atoms with Crippen molar-refractivity contribution >= 4 is 11.6 Å². The van der Waals surface area contributed by atoms with E-state index in [0.29, 0.717) is 19.3 Å². The van der Waals surface area contributed by atoms with Crippen molar-refractivity contribution in [2.75, 3.05) is 37.9 Å². The van der Waals surface area contributed by atoms with Crippen LogP contribution in [0, 0.1) is 0 Å². The van der Waals surface area contributed by atoms with Crippen molar-refractivity contribution in [2.24, 2.45) is 0 Å². The maximum absolute atomic E-state index is 13.0. The third-order valence-corrected chi connectivity index (χ3v) is 6.23. The molecule has 0 N–H and O–H groups in total. The topological polar surface area (TPSA) is 42.0 Å². The fourth-order valence-electron chi connectivity index (χ4n) is 4.66. The van der Waals surface area contributed by atoms with Crippen LogP contribution in [-0.4, -0.2) is 43.8 Å². The quantitative estimate of drug-likeness (QED) is 0.819. The third-order valence-electron chi connectivity index (χ3n) is 6.23. The number of anilines is 1. The number of nitrogens with zero attached hydrogens (tertiary/aromatic N) is 2. The number of para-hydroxylation sites is 1. The van der Waals surface area contributed by atoms with Crippen LogP contribution < -0.4 is 14.4 Å². The Bertz CT molecular complexity index is 874. The molecule has 3 aliphatic rings. The summed E-state index contributed by atoms with van der Waals surface area (Å²) in [6.07, 6.45) is 4.27. The number of benzene rings is 2. The van der Waals surface area contributed by atoms with Gasteiger partial charge in [0.1, 0.15) is 0 Å². The van der Waals surface area contributed by atoms with Crippen molar-refractivity contribution in [2.45, 2.75) is 31.6 Å². The van der Waals surface area contributed by atoms with Crippen molar-refractivity contribution in [3.05, 3.63) is 53.6 Å². The number of fused-ring (bicyclic) bond motifs is 2. The van der Waals surface area contributed by atoms with Crippen LogP contribution in [0.5, 0.6) is 11.5 Å². The number of aryl methyl sites for hydroxylation is 1. The van der Waals surface area contributed by atoms with Crippen LogP contribution in [0.1, 0.15) is 36.3 Å². The minimum atomic E-state index is 0.230. The van der Waals surface area contributed by atoms with Gasteiger partial charge in [0.15, 0.2) is 11.5 Å². The van der Waals surface area contributed by atoms with Gasteiger partial charge in [-0.25, -0.2) is 0 Å². The Kier molecular flexibility index (Phi) is 4.69. The second-order valence-electron chi connectivity index (χ2n) is 7.94. The first-order valence-corrected chi connectivity index (χ1v) is 10.3. The SMILES string of the molecule is O=C(CN1CCC(c2ccc3c(c2)OCO3)CC1)N1CCCc2ccccc21. The molecule has 146 valence electrons. The molecule has 0 aliphatic carbocycles. The molecule has 0 aromatic heterocycles. The highest BCUT2D eigenvalue weighted by Crippen LogP contribution is 2.37. The summed E-state index contributed by atoms with van der Waals surface area (Å²) in [6.45, 7) is 3.59. The molecule has 1 fully saturated rings. The minimum absolute atomic E-state index is 0.230. The molecule has 2 aromatic rings. The second kappa shape index (κ2) is 7.47. The van der Waals surface area contributed by atoms with E-state index in [-0.39, 0.29) is 5.91 Å². The van der Waals surface area contributed by atoms with Crippen LogP contribution in [-0.2, 0) is 11.2 Å². The van der Waals surface area contributed by atoms with Gasteiger partial charge in [-0.1, -0.05) is 24.3 Å². The van der Waals surface area contributed by atoms with Gasteiger partial charge in [-0.15, -0.1) is 0 Å². The number of ether oxygens (including phenoxy) is 2. The predicted octanol–water partition coefficient (Wildman–Crippen LogP) is 3.57. The van der Waals surface area contributed by atoms with E-state index in [0.717, 1.165) is 62.5 Å². The number of rotatable bonds is 3. The van der Waals surface area contributed by atoms with E-state index in [9.17, 15) is 4.79 Å². The van der Waals surface area contributed by atoms with Crippen LogP contribution >= 0.6 is 0 Å². The first kappa shape index (κ1) is 17.6. The average molecular weight is 378 g/mol. The maximum atomic E-state index is 13.0. The first-order valence-electron chi connectivity index (χ1n) is 10.3. The normalized spacial score (nSPS) is 19.5. The zero-order valence-electron chi connectivity index (χ0n) is 16.1. The lowest BCUT2D eigenvalue weighted by Gasteiger charge is -2.35. The molecule has 28 heavy (non-hydrogen) atoms. The van der Waals surface area contributed by atoms with Crippen LogP contribution in [0.25, 0.3) is 0 Å². The van der Waals surface area contributed by atoms with Crippen LogP contribution in [0.4, 0.5) is 5.69 Å². The molecule has 5 heteroatoms. The largest absolute Gasteiger partial charge is 0.454 e. The Morgan fingerprint density at radius 3 is 2.71 bits per heavy atom. The van der Waals surface area contributed by atoms with Gasteiger partial charge in [0, 0.05) is 12.2 Å². The number of hydrogen-bond acceptors (Lipinski definition) is 4. The molecule has 5 nitrogen and oxygen atoms in total. The zero-order chi connectivity index (χ0) is 18.9. The number of amides is 1. The fraction of sp³-hybridized carbons (Fsp3) is 0.435. The summed E-state index contributed by atoms with van der Waals surface area (Å²) in [4.78, 5) is 17.3. The van der Waals surface area contributed by atoms with Gasteiger partial charge in [-0.2, -0.15) is 0 Å². The zero-order valence-corrected chi connectivity index (χ0v) is 16.1. The Morgan fingerprint density at radius 2 is 1.82 bits per heavy atom. The highest BCUT2D eigenvalue weighted by Gasteiger charge is 2.27. The van der Waals surface area contributed by atoms with Crippen molar-refractivity contribution in [3.8, 4) is 11.5 Å². The number of carbonyl (C=O) groups excluding carboxylic acids is 1. The summed E-state index contributed by atoms with van der Waals surface area (Å²) in [7, 11) is 0. The van der Waals surface area contributed by atoms with Gasteiger partial charge in [-0.3, -0.25) is 9.69 Å². The van der Waals surface area contributed by atoms with Gasteiger partial charge >= 0.3 is 0 Å². The van der Waals surface area contributed by atoms with Crippen molar-refractivity contribution in [1.82, 2.24) is 4.90 Å². The lowest BCUT2D eigenvalue weighted by Crippen LogP contribution is -2.45. The molecule has 1 saturated heterocycles. The van der Waals surface area contributed by atoms with Gasteiger partial charge in [0.25, 0.3) is 0 Å². The number of carbonyl (C=O) groups is 1. The van der Waals surface area contributed by atoms with E-state index in [4.69, 9.17) is 9.47 Å². The van der Waals surface area contributed by atoms with Crippen LogP contribution in [0.3, 0.4) is 0 Å². The lowest BCUT2D eigenvalue weighted by molar-refractivity contribution is -0.120. The summed E-state index contributed by atoms with van der Waals surface area (Å²) < 4.78 is 10.9. The van der Waals surface area contributed by atoms with E-state index in [1.807, 2.05) is 17.0 Å². The Morgan fingerprint density at radius 1 is 1.00 bits per heavy atom. The lowest BCUT2D eigenvalue weighted by atomic mass is 9.89. The fourth-order valence-corrected chi connectivity index (χ4v) is 4.66. The summed E-state index contributed by atoms with van der Waals surface area (Å²) in [5.41, 5.74) is 3.72. The molecule has 0 bridgehead atoms. The molecular formula is C23H26N2O3. The average Bonchev–Trinajstić information content (AvgIpc) is 3.22. The monoisotopic (exact) mass is 378 g/mol. The standard InChI is InChI=1S/C23H26N2O3/c26-23(25-11-3-5-18-4-1-2-6-20(18)25)15-24-12-9-17(10-13-24)19-7-8-21-22(14-19)28-16-27-21/h1-2,4,6-8,14,17H,3,5,9-13,15-16H2. The predicted molar refractivity (Wildman–Crippen MR) is 108 cm³/mol. The maximum Gasteiger partial charge on any atom is 0.241 e. The molecule has 5 rings (SSSR count). The van der Waals surface area contributed by atoms with Gasteiger partial charge in [0.05, 0.1) is 6.54 Å². The first-order chi connectivity index (χ1) is 13.8. The Balaban J connectivity index is 1.19. The number of likely N-dealkylation sites (tertiary alicyclic amines) is 1. The molecule has 0 atom stereocenters. The summed E-state index contributed by atoms with van der Waals surface area (Å²) in [5.74, 6) is 2.46. The summed E-state index contributed by atoms with van der Waals surface area (Å²) in [5, 5.41) is 0. The smallest absolute Gasteiger partial charge is 0.241 e. The van der Waals surface area contributed by atoms with Crippen molar-refractivity contribution in [3.63, 3.8) is 0 Å². The number of piperidine rings is 1. The Labute approximate surface area is 165 Å². The summed E-state index contributed by atoms with van der Waals surface area (Å²) in [6, 6.07) is 14.6. The van der Waals surface area contributed by atoms with Crippen LogP contribution in [0.2, 0.25) is 0 Å². The molecule has 0 spiro atoms. The van der Waals surface area contributed by atoms with Crippen molar-refractivity contribution in [1.29, 1.82) is 0 Å². The molecule has 2 aromatic carbocycles. The van der Waals surface area contributed by atoms with Gasteiger partial charge < -0.3 is 14.4 Å². The summed E-state index contributed by atoms with van der Waals surface area (Å²) >= 11 is 0. The molecule has 0 saturated carbocycles. The van der Waals surface area contributed by atoms with E-state index >= 15 is 0 Å². The van der Waals surface area contributed by atoms with E-state index in [1.165, 1.54) is 11.1 Å². The van der Waals surface area contributed by atoms with E-state index in [2.05, 4.69) is 35.2 Å². The molecule has 1 amide bonds. The number of hydrogen-bond donors (Lipinski definition) is 0. The minimum Gasteiger partial charge on any atom is -0.454 e. The molecular weight excluding hydrogens is 352 g/mol. The van der Waals surface area contributed by atoms with Gasteiger partial charge in [-0.05, 0) is 74.0 Å². The second-order valence-corrected chi connectivity index (χ2v) is 7.94. The van der Waals surface area contributed by atoms with Crippen molar-refractivity contribution < 1.29 is 14.3 Å². The highest BCUT2D eigenvalue weighted by atomic mass is 16.7. The third kappa shape index (κ3) is 3.35.